The number of carbonyl (C=O) groups is 2. The number of amides is 2. The van der Waals surface area contributed by atoms with Crippen molar-refractivity contribution in [3.05, 3.63) is 34.7 Å². The minimum absolute atomic E-state index is 0.215. The molecule has 7 heteroatoms. The predicted molar refractivity (Wildman–Crippen MR) is 69.3 cm³/mol. The molecular formula is C12H11NO5S. The van der Waals surface area contributed by atoms with Crippen LogP contribution in [0, 0.1) is 0 Å². The molecule has 0 aromatic heterocycles. The molecule has 1 heterocycles. The molecule has 0 atom stereocenters. The standard InChI is InChI=1S/C12H11NO5S/c14-10(15)6-18-8-3-1-7(2-4-8)5-9-11(16)13-12(17)19-9/h1-5,10,14-15H,6H2,(H,13,16,17)/b9-5-. The quantitative estimate of drug-likeness (QED) is 0.555. The molecule has 3 N–H and O–H groups in total. The molecule has 6 nitrogen and oxygen atoms in total. The molecule has 0 unspecified atom stereocenters. The highest BCUT2D eigenvalue weighted by Crippen LogP contribution is 2.26. The van der Waals surface area contributed by atoms with Gasteiger partial charge in [0.2, 0.25) is 0 Å². The number of hydrogen-bond donors (Lipinski definition) is 3. The number of nitrogens with one attached hydrogen (secondary N) is 1. The van der Waals surface area contributed by atoms with E-state index in [0.717, 1.165) is 17.3 Å². The molecule has 0 bridgehead atoms. The van der Waals surface area contributed by atoms with Crippen LogP contribution < -0.4 is 10.1 Å². The van der Waals surface area contributed by atoms with Crippen LogP contribution >= 0.6 is 11.8 Å². The van der Waals surface area contributed by atoms with Gasteiger partial charge in [0.1, 0.15) is 12.4 Å². The molecule has 1 aromatic carbocycles. The van der Waals surface area contributed by atoms with Crippen LogP contribution in [0.3, 0.4) is 0 Å². The van der Waals surface area contributed by atoms with Crippen molar-refractivity contribution < 1.29 is 24.5 Å². The van der Waals surface area contributed by atoms with E-state index in [4.69, 9.17) is 14.9 Å². The number of thioether (sulfide) groups is 1. The Labute approximate surface area is 113 Å². The SMILES string of the molecule is O=C1NC(=O)/C(=C/c2ccc(OCC(O)O)cc2)S1. The van der Waals surface area contributed by atoms with Crippen molar-refractivity contribution in [1.29, 1.82) is 0 Å². The smallest absolute Gasteiger partial charge is 0.290 e. The van der Waals surface area contributed by atoms with Crippen molar-refractivity contribution in [2.24, 2.45) is 0 Å². The van der Waals surface area contributed by atoms with E-state index in [1.165, 1.54) is 0 Å². The van der Waals surface area contributed by atoms with Crippen molar-refractivity contribution in [1.82, 2.24) is 5.32 Å². The molecule has 19 heavy (non-hydrogen) atoms. The highest BCUT2D eigenvalue weighted by atomic mass is 32.2. The van der Waals surface area contributed by atoms with Gasteiger partial charge >= 0.3 is 0 Å². The van der Waals surface area contributed by atoms with Gasteiger partial charge in [-0.1, -0.05) is 12.1 Å². The van der Waals surface area contributed by atoms with Crippen LogP contribution in [0.15, 0.2) is 29.2 Å². The van der Waals surface area contributed by atoms with E-state index < -0.39 is 12.2 Å². The fourth-order valence-electron chi connectivity index (χ4n) is 1.40. The van der Waals surface area contributed by atoms with Crippen molar-refractivity contribution in [2.45, 2.75) is 6.29 Å². The molecule has 1 saturated heterocycles. The summed E-state index contributed by atoms with van der Waals surface area (Å²) in [6.45, 7) is -0.215. The lowest BCUT2D eigenvalue weighted by Crippen LogP contribution is -2.17. The second-order valence-corrected chi connectivity index (χ2v) is 4.73. The molecule has 1 aliphatic rings. The number of aliphatic hydroxyl groups is 2. The van der Waals surface area contributed by atoms with Crippen molar-refractivity contribution >= 4 is 29.0 Å². The highest BCUT2D eigenvalue weighted by Gasteiger charge is 2.24. The van der Waals surface area contributed by atoms with E-state index in [9.17, 15) is 9.59 Å². The van der Waals surface area contributed by atoms with Crippen LogP contribution in [0.2, 0.25) is 0 Å². The fourth-order valence-corrected chi connectivity index (χ4v) is 2.09. The molecule has 100 valence electrons. The second-order valence-electron chi connectivity index (χ2n) is 3.71. The normalized spacial score (nSPS) is 17.1. The number of rotatable bonds is 4. The van der Waals surface area contributed by atoms with Gasteiger partial charge in [0.25, 0.3) is 11.1 Å². The van der Waals surface area contributed by atoms with E-state index in [-0.39, 0.29) is 11.8 Å². The molecule has 0 radical (unpaired) electrons. The summed E-state index contributed by atoms with van der Waals surface area (Å²) in [7, 11) is 0. The van der Waals surface area contributed by atoms with Crippen molar-refractivity contribution in [2.75, 3.05) is 6.61 Å². The zero-order valence-electron chi connectivity index (χ0n) is 9.70. The van der Waals surface area contributed by atoms with Gasteiger partial charge < -0.3 is 14.9 Å². The third-order valence-corrected chi connectivity index (χ3v) is 3.03. The number of carbonyl (C=O) groups excluding carboxylic acids is 2. The predicted octanol–water partition coefficient (Wildman–Crippen LogP) is 0.700. The molecule has 2 rings (SSSR count). The lowest BCUT2D eigenvalue weighted by atomic mass is 10.2. The van der Waals surface area contributed by atoms with Gasteiger partial charge in [0.05, 0.1) is 4.91 Å². The van der Waals surface area contributed by atoms with Crippen LogP contribution in [0.5, 0.6) is 5.75 Å². The number of benzene rings is 1. The zero-order valence-corrected chi connectivity index (χ0v) is 10.5. The summed E-state index contributed by atoms with van der Waals surface area (Å²) >= 11 is 0.851. The molecule has 0 spiro atoms. The summed E-state index contributed by atoms with van der Waals surface area (Å²) in [5.74, 6) is 0.0774. The molecular weight excluding hydrogens is 270 g/mol. The van der Waals surface area contributed by atoms with Crippen LogP contribution in [-0.2, 0) is 4.79 Å². The van der Waals surface area contributed by atoms with Gasteiger partial charge in [0, 0.05) is 0 Å². The Bertz CT molecular complexity index is 523. The molecule has 1 aliphatic heterocycles. The Balaban J connectivity index is 2.04. The van der Waals surface area contributed by atoms with Crippen LogP contribution in [0.25, 0.3) is 6.08 Å². The van der Waals surface area contributed by atoms with Gasteiger partial charge in [0.15, 0.2) is 6.29 Å². The van der Waals surface area contributed by atoms with Crippen LogP contribution in [0.1, 0.15) is 5.56 Å². The first-order chi connectivity index (χ1) is 9.04. The summed E-state index contributed by atoms with van der Waals surface area (Å²) < 4.78 is 5.07. The maximum absolute atomic E-state index is 11.3. The third-order valence-electron chi connectivity index (χ3n) is 2.22. The number of ether oxygens (including phenoxy) is 1. The first kappa shape index (κ1) is 13.6. The summed E-state index contributed by atoms with van der Waals surface area (Å²) in [6.07, 6.45) is 0.0710. The first-order valence-corrected chi connectivity index (χ1v) is 6.20. The molecule has 2 amide bonds. The highest BCUT2D eigenvalue weighted by molar-refractivity contribution is 8.18. The van der Waals surface area contributed by atoms with E-state index >= 15 is 0 Å². The van der Waals surface area contributed by atoms with Crippen LogP contribution in [0.4, 0.5) is 4.79 Å². The number of aliphatic hydroxyl groups excluding tert-OH is 1. The zero-order chi connectivity index (χ0) is 13.8. The van der Waals surface area contributed by atoms with E-state index in [1.807, 2.05) is 0 Å². The largest absolute Gasteiger partial charge is 0.488 e. The van der Waals surface area contributed by atoms with E-state index in [2.05, 4.69) is 5.32 Å². The Kier molecular flexibility index (Phi) is 4.20. The average Bonchev–Trinajstić information content (AvgIpc) is 2.67. The minimum atomic E-state index is -1.52. The van der Waals surface area contributed by atoms with Crippen LogP contribution in [-0.4, -0.2) is 34.3 Å². The average molecular weight is 281 g/mol. The first-order valence-electron chi connectivity index (χ1n) is 5.38. The maximum Gasteiger partial charge on any atom is 0.290 e. The monoisotopic (exact) mass is 281 g/mol. The summed E-state index contributed by atoms with van der Waals surface area (Å²) in [6, 6.07) is 6.66. The molecule has 0 saturated carbocycles. The fraction of sp³-hybridized carbons (Fsp3) is 0.167. The Morgan fingerprint density at radius 3 is 2.47 bits per heavy atom. The maximum atomic E-state index is 11.3. The molecule has 1 aromatic rings. The molecule has 1 fully saturated rings. The Hall–Kier alpha value is -1.83. The summed E-state index contributed by atoms with van der Waals surface area (Å²) in [5, 5.41) is 19.1. The van der Waals surface area contributed by atoms with Crippen molar-refractivity contribution in [3.8, 4) is 5.75 Å². The Morgan fingerprint density at radius 2 is 1.95 bits per heavy atom. The van der Waals surface area contributed by atoms with Crippen molar-refractivity contribution in [3.63, 3.8) is 0 Å². The van der Waals surface area contributed by atoms with Gasteiger partial charge in [-0.25, -0.2) is 0 Å². The molecule has 0 aliphatic carbocycles. The summed E-state index contributed by atoms with van der Waals surface area (Å²) in [4.78, 5) is 22.6. The summed E-state index contributed by atoms with van der Waals surface area (Å²) in [5.41, 5.74) is 0.740. The number of imide groups is 1. The minimum Gasteiger partial charge on any atom is -0.488 e. The van der Waals surface area contributed by atoms with Gasteiger partial charge in [-0.15, -0.1) is 0 Å². The lowest BCUT2D eigenvalue weighted by Gasteiger charge is -2.07. The van der Waals surface area contributed by atoms with E-state index in [0.29, 0.717) is 10.7 Å². The second kappa shape index (κ2) is 5.87. The Morgan fingerprint density at radius 1 is 1.26 bits per heavy atom. The van der Waals surface area contributed by atoms with Gasteiger partial charge in [-0.3, -0.25) is 14.9 Å². The van der Waals surface area contributed by atoms with Gasteiger partial charge in [-0.2, -0.15) is 0 Å². The third kappa shape index (κ3) is 3.82. The lowest BCUT2D eigenvalue weighted by molar-refractivity contribution is -0.115. The van der Waals surface area contributed by atoms with Gasteiger partial charge in [-0.05, 0) is 35.5 Å². The van der Waals surface area contributed by atoms with E-state index in [1.54, 1.807) is 30.3 Å². The number of hydrogen-bond acceptors (Lipinski definition) is 6. The topological polar surface area (TPSA) is 95.9 Å².